The number of hydrogen-bond acceptors (Lipinski definition) is 5. The van der Waals surface area contributed by atoms with Crippen LogP contribution in [0, 0.1) is 0 Å². The first kappa shape index (κ1) is 9.54. The molecule has 0 saturated carbocycles. The van der Waals surface area contributed by atoms with E-state index < -0.39 is 0 Å². The summed E-state index contributed by atoms with van der Waals surface area (Å²) in [5.74, 6) is 0.754. The van der Waals surface area contributed by atoms with E-state index in [4.69, 9.17) is 10.5 Å². The quantitative estimate of drug-likeness (QED) is 0.714. The fourth-order valence-corrected chi connectivity index (χ4v) is 1.83. The van der Waals surface area contributed by atoms with Crippen molar-refractivity contribution in [3.63, 3.8) is 0 Å². The van der Waals surface area contributed by atoms with Crippen molar-refractivity contribution in [1.29, 1.82) is 0 Å². The maximum Gasteiger partial charge on any atom is 0.165 e. The van der Waals surface area contributed by atoms with Gasteiger partial charge < -0.3 is 10.5 Å². The zero-order valence-corrected chi connectivity index (χ0v) is 8.26. The molecule has 1 saturated heterocycles. The van der Waals surface area contributed by atoms with Crippen molar-refractivity contribution in [3.05, 3.63) is 5.82 Å². The second-order valence-electron chi connectivity index (χ2n) is 3.60. The second kappa shape index (κ2) is 4.02. The molecule has 2 N–H and O–H groups in total. The van der Waals surface area contributed by atoms with Gasteiger partial charge in [-0.15, -0.1) is 5.10 Å². The van der Waals surface area contributed by atoms with Crippen LogP contribution in [0.5, 0.6) is 0 Å². The molecular weight excluding hydrogens is 182 g/mol. The third-order valence-electron chi connectivity index (χ3n) is 2.55. The molecule has 1 aromatic rings. The molecule has 6 heteroatoms. The summed E-state index contributed by atoms with van der Waals surface area (Å²) in [5, 5.41) is 11.5. The van der Waals surface area contributed by atoms with Crippen molar-refractivity contribution < 1.29 is 4.74 Å². The van der Waals surface area contributed by atoms with Crippen molar-refractivity contribution >= 4 is 0 Å². The van der Waals surface area contributed by atoms with Gasteiger partial charge in [-0.3, -0.25) is 0 Å². The Kier molecular flexibility index (Phi) is 2.74. The summed E-state index contributed by atoms with van der Waals surface area (Å²) in [7, 11) is 0. The SMILES string of the molecule is CC1CC(n2nnnc2CN)CCO1. The van der Waals surface area contributed by atoms with Crippen LogP contribution < -0.4 is 5.73 Å². The van der Waals surface area contributed by atoms with E-state index in [0.29, 0.717) is 12.6 Å². The number of nitrogens with two attached hydrogens (primary N) is 1. The summed E-state index contributed by atoms with van der Waals surface area (Å²) in [4.78, 5) is 0. The van der Waals surface area contributed by atoms with Crippen molar-refractivity contribution in [2.75, 3.05) is 6.61 Å². The Bertz CT molecular complexity index is 300. The maximum atomic E-state index is 5.54. The van der Waals surface area contributed by atoms with Crippen LogP contribution in [-0.2, 0) is 11.3 Å². The molecule has 78 valence electrons. The Morgan fingerprint density at radius 1 is 1.64 bits per heavy atom. The molecule has 6 nitrogen and oxygen atoms in total. The van der Waals surface area contributed by atoms with Gasteiger partial charge in [-0.05, 0) is 30.2 Å². The van der Waals surface area contributed by atoms with Gasteiger partial charge in [0.1, 0.15) is 0 Å². The summed E-state index contributed by atoms with van der Waals surface area (Å²) < 4.78 is 7.30. The van der Waals surface area contributed by atoms with Gasteiger partial charge in [0.25, 0.3) is 0 Å². The topological polar surface area (TPSA) is 78.9 Å². The molecule has 1 aliphatic rings. The summed E-state index contributed by atoms with van der Waals surface area (Å²) in [6.45, 7) is 3.23. The molecule has 2 rings (SSSR count). The van der Waals surface area contributed by atoms with E-state index in [1.54, 1.807) is 0 Å². The normalized spacial score (nSPS) is 27.9. The Labute approximate surface area is 82.4 Å². The lowest BCUT2D eigenvalue weighted by Gasteiger charge is -2.27. The van der Waals surface area contributed by atoms with E-state index in [9.17, 15) is 0 Å². The molecule has 1 aromatic heterocycles. The predicted molar refractivity (Wildman–Crippen MR) is 49.4 cm³/mol. The minimum absolute atomic E-state index is 0.281. The second-order valence-corrected chi connectivity index (χ2v) is 3.60. The van der Waals surface area contributed by atoms with Crippen LogP contribution in [0.2, 0.25) is 0 Å². The maximum absolute atomic E-state index is 5.54. The lowest BCUT2D eigenvalue weighted by Crippen LogP contribution is -2.27. The molecule has 1 fully saturated rings. The molecule has 2 heterocycles. The number of nitrogens with zero attached hydrogens (tertiary/aromatic N) is 4. The number of aromatic nitrogens is 4. The Hall–Kier alpha value is -1.01. The lowest BCUT2D eigenvalue weighted by molar-refractivity contribution is 0.00256. The van der Waals surface area contributed by atoms with Crippen LogP contribution in [0.3, 0.4) is 0 Å². The van der Waals surface area contributed by atoms with Gasteiger partial charge in [0.2, 0.25) is 0 Å². The highest BCUT2D eigenvalue weighted by Crippen LogP contribution is 2.24. The number of ether oxygens (including phenoxy) is 1. The monoisotopic (exact) mass is 197 g/mol. The van der Waals surface area contributed by atoms with E-state index in [0.717, 1.165) is 25.3 Å². The Morgan fingerprint density at radius 3 is 3.21 bits per heavy atom. The van der Waals surface area contributed by atoms with Crippen LogP contribution in [0.15, 0.2) is 0 Å². The minimum atomic E-state index is 0.281. The number of rotatable bonds is 2. The molecule has 0 aliphatic carbocycles. The van der Waals surface area contributed by atoms with Gasteiger partial charge >= 0.3 is 0 Å². The molecule has 0 radical (unpaired) electrons. The van der Waals surface area contributed by atoms with Crippen LogP contribution in [-0.4, -0.2) is 32.9 Å². The smallest absolute Gasteiger partial charge is 0.165 e. The van der Waals surface area contributed by atoms with Crippen LogP contribution in [0.4, 0.5) is 0 Å². The highest BCUT2D eigenvalue weighted by molar-refractivity contribution is 4.84. The zero-order chi connectivity index (χ0) is 9.97. The first-order valence-electron chi connectivity index (χ1n) is 4.89. The van der Waals surface area contributed by atoms with Gasteiger partial charge in [0.05, 0.1) is 18.7 Å². The molecule has 2 unspecified atom stereocenters. The summed E-state index contributed by atoms with van der Waals surface area (Å²) in [6, 6.07) is 0.340. The standard InChI is InChI=1S/C8H15N5O/c1-6-4-7(2-3-14-6)13-8(5-9)10-11-12-13/h6-7H,2-5,9H2,1H3. The van der Waals surface area contributed by atoms with Gasteiger partial charge in [0.15, 0.2) is 5.82 Å². The highest BCUT2D eigenvalue weighted by atomic mass is 16.5. The van der Waals surface area contributed by atoms with E-state index in [1.165, 1.54) is 0 Å². The molecule has 0 bridgehead atoms. The summed E-state index contributed by atoms with van der Waals surface area (Å²) >= 11 is 0. The molecule has 14 heavy (non-hydrogen) atoms. The molecule has 2 atom stereocenters. The zero-order valence-electron chi connectivity index (χ0n) is 8.26. The van der Waals surface area contributed by atoms with Gasteiger partial charge in [-0.2, -0.15) is 0 Å². The van der Waals surface area contributed by atoms with Crippen LogP contribution in [0.25, 0.3) is 0 Å². The molecule has 0 aromatic carbocycles. The van der Waals surface area contributed by atoms with Gasteiger partial charge in [-0.1, -0.05) is 0 Å². The molecule has 0 spiro atoms. The Balaban J connectivity index is 2.13. The average molecular weight is 197 g/mol. The number of tetrazole rings is 1. The summed E-state index contributed by atoms with van der Waals surface area (Å²) in [5.41, 5.74) is 5.54. The first-order chi connectivity index (χ1) is 6.81. The molecular formula is C8H15N5O. The van der Waals surface area contributed by atoms with E-state index in [2.05, 4.69) is 22.4 Å². The van der Waals surface area contributed by atoms with Crippen molar-refractivity contribution in [3.8, 4) is 0 Å². The largest absolute Gasteiger partial charge is 0.378 e. The van der Waals surface area contributed by atoms with E-state index in [-0.39, 0.29) is 6.10 Å². The highest BCUT2D eigenvalue weighted by Gasteiger charge is 2.23. The van der Waals surface area contributed by atoms with Crippen molar-refractivity contribution in [2.45, 2.75) is 38.5 Å². The van der Waals surface area contributed by atoms with Crippen LogP contribution >= 0.6 is 0 Å². The predicted octanol–water partition coefficient (Wildman–Crippen LogP) is -0.128. The Morgan fingerprint density at radius 2 is 2.50 bits per heavy atom. The molecule has 0 amide bonds. The third-order valence-corrected chi connectivity index (χ3v) is 2.55. The van der Waals surface area contributed by atoms with E-state index >= 15 is 0 Å². The fourth-order valence-electron chi connectivity index (χ4n) is 1.83. The van der Waals surface area contributed by atoms with Gasteiger partial charge in [-0.25, -0.2) is 4.68 Å². The average Bonchev–Trinajstić information content (AvgIpc) is 2.65. The van der Waals surface area contributed by atoms with Crippen molar-refractivity contribution in [2.24, 2.45) is 5.73 Å². The molecule has 1 aliphatic heterocycles. The fraction of sp³-hybridized carbons (Fsp3) is 0.875. The van der Waals surface area contributed by atoms with Gasteiger partial charge in [0, 0.05) is 6.61 Å². The van der Waals surface area contributed by atoms with Crippen molar-refractivity contribution in [1.82, 2.24) is 20.2 Å². The van der Waals surface area contributed by atoms with E-state index in [1.807, 2.05) is 4.68 Å². The summed E-state index contributed by atoms with van der Waals surface area (Å²) in [6.07, 6.45) is 2.20. The van der Waals surface area contributed by atoms with Crippen LogP contribution in [0.1, 0.15) is 31.6 Å². The lowest BCUT2D eigenvalue weighted by atomic mass is 10.0. The first-order valence-corrected chi connectivity index (χ1v) is 4.89. The minimum Gasteiger partial charge on any atom is -0.378 e. The third kappa shape index (κ3) is 1.76. The number of hydrogen-bond donors (Lipinski definition) is 1.